The van der Waals surface area contributed by atoms with Gasteiger partial charge in [0.25, 0.3) is 0 Å². The van der Waals surface area contributed by atoms with Gasteiger partial charge in [-0.1, -0.05) is 12.1 Å². The molecule has 0 bridgehead atoms. The van der Waals surface area contributed by atoms with Crippen LogP contribution < -0.4 is 4.74 Å². The zero-order valence-corrected chi connectivity index (χ0v) is 11.7. The van der Waals surface area contributed by atoms with Gasteiger partial charge in [-0.05, 0) is 50.1 Å². The normalized spacial score (nSPS) is 10.2. The molecular formula is C12H9Br2NO. The topological polar surface area (TPSA) is 22.1 Å². The molecule has 0 saturated heterocycles. The highest BCUT2D eigenvalue weighted by molar-refractivity contribution is 9.13. The summed E-state index contributed by atoms with van der Waals surface area (Å²) in [6.07, 6.45) is 1.77. The molecule has 0 saturated carbocycles. The van der Waals surface area contributed by atoms with Gasteiger partial charge in [0, 0.05) is 16.2 Å². The Balaban J connectivity index is 2.54. The number of hydrogen-bond acceptors (Lipinski definition) is 2. The number of nitrogens with zero attached hydrogens (tertiary/aromatic N) is 1. The lowest BCUT2D eigenvalue weighted by molar-refractivity contribution is 0.415. The molecule has 1 heterocycles. The van der Waals surface area contributed by atoms with E-state index < -0.39 is 0 Å². The van der Waals surface area contributed by atoms with Crippen LogP contribution in [0.3, 0.4) is 0 Å². The molecule has 0 unspecified atom stereocenters. The standard InChI is InChI=1S/C12H9Br2NO/c1-16-9-4-2-3-8(7-9)12-11(14)10(13)5-6-15-12/h2-7H,1H3. The minimum absolute atomic E-state index is 0.825. The summed E-state index contributed by atoms with van der Waals surface area (Å²) in [5, 5.41) is 0. The van der Waals surface area contributed by atoms with Gasteiger partial charge in [0.15, 0.2) is 0 Å². The van der Waals surface area contributed by atoms with E-state index in [2.05, 4.69) is 36.8 Å². The average Bonchev–Trinajstić information content (AvgIpc) is 2.33. The van der Waals surface area contributed by atoms with Crippen molar-refractivity contribution in [3.05, 3.63) is 45.5 Å². The molecule has 16 heavy (non-hydrogen) atoms. The Morgan fingerprint density at radius 2 is 2.00 bits per heavy atom. The van der Waals surface area contributed by atoms with E-state index in [1.807, 2.05) is 30.3 Å². The molecule has 1 aromatic heterocycles. The monoisotopic (exact) mass is 341 g/mol. The van der Waals surface area contributed by atoms with Crippen molar-refractivity contribution < 1.29 is 4.74 Å². The third-order valence-corrected chi connectivity index (χ3v) is 4.18. The molecule has 2 nitrogen and oxygen atoms in total. The highest BCUT2D eigenvalue weighted by Gasteiger charge is 2.08. The Hall–Kier alpha value is -0.870. The molecule has 4 heteroatoms. The number of rotatable bonds is 2. The number of hydrogen-bond donors (Lipinski definition) is 0. The number of aromatic nitrogens is 1. The lowest BCUT2D eigenvalue weighted by atomic mass is 10.1. The van der Waals surface area contributed by atoms with Gasteiger partial charge in [0.05, 0.1) is 17.3 Å². The molecule has 0 amide bonds. The van der Waals surface area contributed by atoms with Crippen LogP contribution in [0.25, 0.3) is 11.3 Å². The average molecular weight is 343 g/mol. The fourth-order valence-corrected chi connectivity index (χ4v) is 2.16. The molecule has 2 aromatic rings. The van der Waals surface area contributed by atoms with E-state index in [-0.39, 0.29) is 0 Å². The van der Waals surface area contributed by atoms with E-state index >= 15 is 0 Å². The smallest absolute Gasteiger partial charge is 0.119 e. The molecule has 0 aliphatic rings. The van der Waals surface area contributed by atoms with Crippen molar-refractivity contribution in [1.82, 2.24) is 4.98 Å². The molecule has 2 rings (SSSR count). The van der Waals surface area contributed by atoms with Gasteiger partial charge in [0.1, 0.15) is 5.75 Å². The number of ether oxygens (including phenoxy) is 1. The quantitative estimate of drug-likeness (QED) is 0.812. The maximum Gasteiger partial charge on any atom is 0.119 e. The zero-order chi connectivity index (χ0) is 11.5. The van der Waals surface area contributed by atoms with Crippen LogP contribution in [0.4, 0.5) is 0 Å². The largest absolute Gasteiger partial charge is 0.497 e. The highest BCUT2D eigenvalue weighted by Crippen LogP contribution is 2.33. The Labute approximate surface area is 111 Å². The summed E-state index contributed by atoms with van der Waals surface area (Å²) in [5.74, 6) is 0.825. The first kappa shape index (κ1) is 11.6. The third-order valence-electron chi connectivity index (χ3n) is 2.19. The van der Waals surface area contributed by atoms with Crippen molar-refractivity contribution in [2.24, 2.45) is 0 Å². The van der Waals surface area contributed by atoms with Gasteiger partial charge in [-0.25, -0.2) is 0 Å². The molecule has 0 fully saturated rings. The molecule has 0 N–H and O–H groups in total. The van der Waals surface area contributed by atoms with Crippen LogP contribution in [-0.2, 0) is 0 Å². The maximum atomic E-state index is 5.19. The lowest BCUT2D eigenvalue weighted by Crippen LogP contribution is -1.88. The van der Waals surface area contributed by atoms with Crippen molar-refractivity contribution in [3.8, 4) is 17.0 Å². The predicted octanol–water partition coefficient (Wildman–Crippen LogP) is 4.28. The van der Waals surface area contributed by atoms with Crippen LogP contribution in [0.2, 0.25) is 0 Å². The minimum atomic E-state index is 0.825. The first-order chi connectivity index (χ1) is 7.72. The van der Waals surface area contributed by atoms with Crippen molar-refractivity contribution >= 4 is 31.9 Å². The van der Waals surface area contributed by atoms with E-state index in [1.54, 1.807) is 13.3 Å². The summed E-state index contributed by atoms with van der Waals surface area (Å²) in [5.41, 5.74) is 1.92. The number of pyridine rings is 1. The molecular weight excluding hydrogens is 334 g/mol. The second-order valence-electron chi connectivity index (χ2n) is 3.19. The summed E-state index contributed by atoms with van der Waals surface area (Å²) in [6.45, 7) is 0. The first-order valence-corrected chi connectivity index (χ1v) is 6.25. The van der Waals surface area contributed by atoms with Gasteiger partial charge < -0.3 is 4.74 Å². The van der Waals surface area contributed by atoms with Crippen LogP contribution in [0, 0.1) is 0 Å². The van der Waals surface area contributed by atoms with E-state index in [0.29, 0.717) is 0 Å². The Bertz CT molecular complexity index is 514. The van der Waals surface area contributed by atoms with E-state index in [1.165, 1.54) is 0 Å². The van der Waals surface area contributed by atoms with Gasteiger partial charge in [0.2, 0.25) is 0 Å². The Kier molecular flexibility index (Phi) is 3.61. The second-order valence-corrected chi connectivity index (χ2v) is 4.83. The van der Waals surface area contributed by atoms with Crippen molar-refractivity contribution in [2.75, 3.05) is 7.11 Å². The molecule has 82 valence electrons. The minimum Gasteiger partial charge on any atom is -0.497 e. The second kappa shape index (κ2) is 4.97. The summed E-state index contributed by atoms with van der Waals surface area (Å²) in [7, 11) is 1.66. The lowest BCUT2D eigenvalue weighted by Gasteiger charge is -2.06. The molecule has 0 atom stereocenters. The number of methoxy groups -OCH3 is 1. The fourth-order valence-electron chi connectivity index (χ4n) is 1.39. The van der Waals surface area contributed by atoms with Crippen LogP contribution in [0.1, 0.15) is 0 Å². The van der Waals surface area contributed by atoms with Crippen molar-refractivity contribution in [1.29, 1.82) is 0 Å². The molecule has 1 aromatic carbocycles. The van der Waals surface area contributed by atoms with Crippen molar-refractivity contribution in [3.63, 3.8) is 0 Å². The van der Waals surface area contributed by atoms with Crippen LogP contribution in [-0.4, -0.2) is 12.1 Å². The summed E-state index contributed by atoms with van der Waals surface area (Å²) in [6, 6.07) is 9.72. The van der Waals surface area contributed by atoms with E-state index in [9.17, 15) is 0 Å². The predicted molar refractivity (Wildman–Crippen MR) is 71.6 cm³/mol. The SMILES string of the molecule is COc1cccc(-c2nccc(Br)c2Br)c1. The van der Waals surface area contributed by atoms with Crippen LogP contribution >= 0.6 is 31.9 Å². The Morgan fingerprint density at radius 1 is 1.19 bits per heavy atom. The van der Waals surface area contributed by atoms with Gasteiger partial charge in [-0.15, -0.1) is 0 Å². The Morgan fingerprint density at radius 3 is 2.75 bits per heavy atom. The van der Waals surface area contributed by atoms with Gasteiger partial charge in [-0.3, -0.25) is 4.98 Å². The summed E-state index contributed by atoms with van der Waals surface area (Å²) < 4.78 is 7.13. The molecule has 0 aliphatic heterocycles. The summed E-state index contributed by atoms with van der Waals surface area (Å²) in [4.78, 5) is 4.35. The van der Waals surface area contributed by atoms with Crippen LogP contribution in [0.15, 0.2) is 45.5 Å². The number of benzene rings is 1. The maximum absolute atomic E-state index is 5.19. The molecule has 0 radical (unpaired) electrons. The van der Waals surface area contributed by atoms with E-state index in [0.717, 1.165) is 26.0 Å². The summed E-state index contributed by atoms with van der Waals surface area (Å²) >= 11 is 6.97. The third kappa shape index (κ3) is 2.28. The number of halogens is 2. The van der Waals surface area contributed by atoms with Gasteiger partial charge in [-0.2, -0.15) is 0 Å². The first-order valence-electron chi connectivity index (χ1n) is 4.67. The van der Waals surface area contributed by atoms with E-state index in [4.69, 9.17) is 4.74 Å². The molecule has 0 spiro atoms. The van der Waals surface area contributed by atoms with Crippen LogP contribution in [0.5, 0.6) is 5.75 Å². The fraction of sp³-hybridized carbons (Fsp3) is 0.0833. The van der Waals surface area contributed by atoms with Crippen molar-refractivity contribution in [2.45, 2.75) is 0 Å². The highest BCUT2D eigenvalue weighted by atomic mass is 79.9. The zero-order valence-electron chi connectivity index (χ0n) is 8.58. The molecule has 0 aliphatic carbocycles. The van der Waals surface area contributed by atoms with Gasteiger partial charge >= 0.3 is 0 Å².